The van der Waals surface area contributed by atoms with Crippen LogP contribution in [-0.2, 0) is 16.8 Å². The first-order valence-electron chi connectivity index (χ1n) is 15.0. The Balaban J connectivity index is 1.31. The van der Waals surface area contributed by atoms with Crippen LogP contribution in [0, 0.1) is 6.92 Å². The fourth-order valence-corrected chi connectivity index (χ4v) is 6.48. The molecule has 4 aromatic carbocycles. The van der Waals surface area contributed by atoms with Gasteiger partial charge in [-0.2, -0.15) is 0 Å². The van der Waals surface area contributed by atoms with E-state index in [1.54, 1.807) is 0 Å². The molecule has 6 aromatic rings. The maximum atomic E-state index is 13.8. The molecule has 5 nitrogen and oxygen atoms in total. The van der Waals surface area contributed by atoms with Crippen molar-refractivity contribution in [3.8, 4) is 0 Å². The number of Topliss-reactive ketones (excluding diaryl/α,β-unsaturated/α-hetero) is 1. The number of imidazole rings is 1. The van der Waals surface area contributed by atoms with Crippen LogP contribution in [0.3, 0.4) is 0 Å². The molecule has 2 aromatic heterocycles. The Kier molecular flexibility index (Phi) is 6.94. The lowest BCUT2D eigenvalue weighted by molar-refractivity contribution is -0.665. The van der Waals surface area contributed by atoms with Crippen molar-refractivity contribution in [3.63, 3.8) is 0 Å². The first kappa shape index (κ1) is 27.5. The first-order chi connectivity index (χ1) is 21.4. The van der Waals surface area contributed by atoms with Crippen LogP contribution in [0.1, 0.15) is 41.9 Å². The molecule has 0 amide bonds. The van der Waals surface area contributed by atoms with Crippen LogP contribution in [-0.4, -0.2) is 10.4 Å². The van der Waals surface area contributed by atoms with E-state index in [1.165, 1.54) is 5.56 Å². The molecule has 44 heavy (non-hydrogen) atoms. The van der Waals surface area contributed by atoms with E-state index in [-0.39, 0.29) is 23.4 Å². The Morgan fingerprint density at radius 3 is 2.34 bits per heavy atom. The van der Waals surface area contributed by atoms with Crippen molar-refractivity contribution in [3.05, 3.63) is 172 Å². The molecule has 2 heterocycles. The highest BCUT2D eigenvalue weighted by Gasteiger charge is 2.34. The summed E-state index contributed by atoms with van der Waals surface area (Å²) in [6.07, 6.45) is 6.95. The summed E-state index contributed by atoms with van der Waals surface area (Å²) in [5.41, 5.74) is 5.34. The molecule has 216 valence electrons. The lowest BCUT2D eigenvalue weighted by Gasteiger charge is -2.28. The number of hydrogen-bond acceptors (Lipinski definition) is 3. The quantitative estimate of drug-likeness (QED) is 0.147. The Hall–Kier alpha value is -5.29. The smallest absolute Gasteiger partial charge is 0.344 e. The molecule has 1 aliphatic rings. The van der Waals surface area contributed by atoms with Gasteiger partial charge in [-0.25, -0.2) is 13.9 Å². The number of ketones is 1. The highest BCUT2D eigenvalue weighted by atomic mass is 16.4. The number of hydrogen-bond donors (Lipinski definition) is 0. The summed E-state index contributed by atoms with van der Waals surface area (Å²) in [5, 5.41) is 0.860. The minimum atomic E-state index is -0.460. The maximum Gasteiger partial charge on any atom is 0.344 e. The zero-order chi connectivity index (χ0) is 30.3. The molecular formula is C39H33N2O3+. The van der Waals surface area contributed by atoms with Gasteiger partial charge in [-0.05, 0) is 36.2 Å². The van der Waals surface area contributed by atoms with Gasteiger partial charge in [0.15, 0.2) is 23.6 Å². The van der Waals surface area contributed by atoms with Gasteiger partial charge in [-0.1, -0.05) is 116 Å². The van der Waals surface area contributed by atoms with Gasteiger partial charge < -0.3 is 4.42 Å². The number of benzene rings is 4. The fraction of sp³-hybridized carbons (Fsp3) is 0.154. The van der Waals surface area contributed by atoms with Crippen LogP contribution in [0.4, 0.5) is 0 Å². The minimum absolute atomic E-state index is 0.0499. The van der Waals surface area contributed by atoms with Crippen molar-refractivity contribution >= 4 is 27.8 Å². The third-order valence-corrected chi connectivity index (χ3v) is 8.94. The number of rotatable bonds is 7. The van der Waals surface area contributed by atoms with Gasteiger partial charge in [-0.15, -0.1) is 0 Å². The van der Waals surface area contributed by atoms with Crippen LogP contribution < -0.4 is 10.2 Å². The molecule has 2 atom stereocenters. The van der Waals surface area contributed by atoms with Crippen molar-refractivity contribution in [2.24, 2.45) is 0 Å². The topological polar surface area (TPSA) is 56.1 Å². The number of fused-ring (bicyclic) bond motifs is 2. The molecule has 0 fully saturated rings. The van der Waals surface area contributed by atoms with E-state index in [0.717, 1.165) is 39.8 Å². The van der Waals surface area contributed by atoms with Crippen LogP contribution in [0.15, 0.2) is 148 Å². The van der Waals surface area contributed by atoms with Gasteiger partial charge in [0.25, 0.3) is 5.82 Å². The second-order valence-electron chi connectivity index (χ2n) is 11.7. The highest BCUT2D eigenvalue weighted by molar-refractivity contribution is 5.97. The van der Waals surface area contributed by atoms with E-state index >= 15 is 0 Å². The minimum Gasteiger partial charge on any atom is -0.422 e. The number of nitrogens with zero attached hydrogens (tertiary/aromatic N) is 2. The molecule has 0 aliphatic heterocycles. The van der Waals surface area contributed by atoms with E-state index < -0.39 is 6.04 Å². The Bertz CT molecular complexity index is 2140. The maximum absolute atomic E-state index is 13.8. The van der Waals surface area contributed by atoms with Crippen LogP contribution in [0.2, 0.25) is 0 Å². The van der Waals surface area contributed by atoms with E-state index in [0.29, 0.717) is 11.1 Å². The van der Waals surface area contributed by atoms with Gasteiger partial charge in [-0.3, -0.25) is 4.79 Å². The molecule has 0 saturated heterocycles. The van der Waals surface area contributed by atoms with Crippen LogP contribution >= 0.6 is 0 Å². The molecule has 0 saturated carbocycles. The summed E-state index contributed by atoms with van der Waals surface area (Å²) in [6, 6.07) is 37.5. The van der Waals surface area contributed by atoms with Crippen molar-refractivity contribution in [1.82, 2.24) is 4.57 Å². The van der Waals surface area contributed by atoms with E-state index in [9.17, 15) is 9.59 Å². The van der Waals surface area contributed by atoms with Crippen molar-refractivity contribution < 1.29 is 13.8 Å². The molecule has 2 unspecified atom stereocenters. The average Bonchev–Trinajstić information content (AvgIpc) is 3.33. The molecule has 0 N–H and O–H groups in total. The van der Waals surface area contributed by atoms with Gasteiger partial charge in [0, 0.05) is 28.9 Å². The zero-order valence-corrected chi connectivity index (χ0v) is 24.8. The van der Waals surface area contributed by atoms with Gasteiger partial charge in [0.2, 0.25) is 5.78 Å². The summed E-state index contributed by atoms with van der Waals surface area (Å²) < 4.78 is 10.1. The molecular weight excluding hydrogens is 544 g/mol. The number of aromatic nitrogens is 2. The number of carbonyl (C=O) groups excluding carboxylic acids is 1. The fourth-order valence-electron chi connectivity index (χ4n) is 6.48. The Morgan fingerprint density at radius 2 is 1.59 bits per heavy atom. The summed E-state index contributed by atoms with van der Waals surface area (Å²) in [4.78, 5) is 27.4. The average molecular weight is 578 g/mol. The second kappa shape index (κ2) is 11.1. The highest BCUT2D eigenvalue weighted by Crippen LogP contribution is 2.34. The number of para-hydroxylation sites is 3. The first-order valence-corrected chi connectivity index (χ1v) is 15.0. The lowest BCUT2D eigenvalue weighted by atomic mass is 9.76. The second-order valence-corrected chi connectivity index (χ2v) is 11.7. The summed E-state index contributed by atoms with van der Waals surface area (Å²) in [5.74, 6) is 0.921. The normalized spacial score (nSPS) is 17.1. The third kappa shape index (κ3) is 4.80. The summed E-state index contributed by atoms with van der Waals surface area (Å²) in [7, 11) is 0. The van der Waals surface area contributed by atoms with E-state index in [2.05, 4.69) is 52.5 Å². The Morgan fingerprint density at radius 1 is 0.909 bits per heavy atom. The zero-order valence-electron chi connectivity index (χ0n) is 24.8. The SMILES string of the molecule is Cc1n(C(c2ccccc2)c2cc3ccccc3oc2=O)c2ccccc2[n+]1CC(=O)C1=CCC(C)(c2ccccc2)C=C1. The van der Waals surface area contributed by atoms with Crippen molar-refractivity contribution in [1.29, 1.82) is 0 Å². The van der Waals surface area contributed by atoms with Gasteiger partial charge in [0.1, 0.15) is 5.58 Å². The molecule has 0 radical (unpaired) electrons. The van der Waals surface area contributed by atoms with Crippen LogP contribution in [0.5, 0.6) is 0 Å². The largest absolute Gasteiger partial charge is 0.422 e. The predicted octanol–water partition coefficient (Wildman–Crippen LogP) is 7.39. The van der Waals surface area contributed by atoms with Gasteiger partial charge in [0.05, 0.1) is 5.56 Å². The van der Waals surface area contributed by atoms with E-state index in [4.69, 9.17) is 4.42 Å². The molecule has 0 bridgehead atoms. The molecule has 5 heteroatoms. The number of allylic oxidation sites excluding steroid dienone is 4. The monoisotopic (exact) mass is 577 g/mol. The van der Waals surface area contributed by atoms with E-state index in [1.807, 2.05) is 104 Å². The Labute approximate surface area is 256 Å². The van der Waals surface area contributed by atoms with Gasteiger partial charge >= 0.3 is 5.63 Å². The predicted molar refractivity (Wildman–Crippen MR) is 174 cm³/mol. The molecule has 7 rings (SSSR count). The van der Waals surface area contributed by atoms with Crippen molar-refractivity contribution in [2.75, 3.05) is 0 Å². The van der Waals surface area contributed by atoms with Crippen LogP contribution in [0.25, 0.3) is 22.0 Å². The molecule has 0 spiro atoms. The molecule has 1 aliphatic carbocycles. The summed E-state index contributed by atoms with van der Waals surface area (Å²) in [6.45, 7) is 4.41. The van der Waals surface area contributed by atoms with Crippen molar-refractivity contribution in [2.45, 2.75) is 38.3 Å². The number of carbonyl (C=O) groups is 1. The third-order valence-electron chi connectivity index (χ3n) is 8.94. The lowest BCUT2D eigenvalue weighted by Crippen LogP contribution is -2.41. The summed E-state index contributed by atoms with van der Waals surface area (Å²) >= 11 is 0. The standard InChI is InChI=1S/C39H33N2O3/c1-27-40(26-35(42)28-21-23-39(2,24-22-28)31-16-7-4-8-17-31)33-18-10-11-19-34(33)41(27)37(29-13-5-3-6-14-29)32-25-30-15-9-12-20-36(30)44-38(32)43/h3-23,25,37H,24,26H2,1-2H3/q+1.